The SMILES string of the molecule is O=C1Cc2cccc(c2)OCCCN(S(=O)(=O)c2ccccc2)[C@@H]2C[C@@H](C(=O)O)N(C2)C(=O)[C@H](C2CCCCC2)N1. The standard InChI is InChI=1S/C30H37N3O7S/c34-27-18-21-9-7-12-24(17-21)40-16-8-15-33(41(38,39)25-13-5-2-6-14-25)23-19-26(30(36)37)32(20-23)29(35)28(31-27)22-10-3-1-4-11-22/h2,5-7,9,12-14,17,22-23,26,28H,1,3-4,8,10-11,15-16,18-20H2,(H,31,34)(H,36,37)/t23-,26+,28+/m1/s1. The number of fused-ring (bicyclic) bond motifs is 4. The topological polar surface area (TPSA) is 133 Å². The molecule has 41 heavy (non-hydrogen) atoms. The van der Waals surface area contributed by atoms with Gasteiger partial charge in [0.15, 0.2) is 0 Å². The van der Waals surface area contributed by atoms with Crippen molar-refractivity contribution in [2.24, 2.45) is 5.92 Å². The molecule has 11 heteroatoms. The second-order valence-corrected chi connectivity index (χ2v) is 13.0. The third-order valence-corrected chi connectivity index (χ3v) is 10.3. The summed E-state index contributed by atoms with van der Waals surface area (Å²) in [5, 5.41) is 13.1. The van der Waals surface area contributed by atoms with Crippen molar-refractivity contribution in [3.8, 4) is 5.75 Å². The summed E-state index contributed by atoms with van der Waals surface area (Å²) in [7, 11) is -4.00. The number of carbonyl (C=O) groups is 3. The number of ether oxygens (including phenoxy) is 1. The smallest absolute Gasteiger partial charge is 0.326 e. The fourth-order valence-corrected chi connectivity index (χ4v) is 8.01. The van der Waals surface area contributed by atoms with Crippen LogP contribution in [0.4, 0.5) is 0 Å². The number of rotatable bonds is 4. The molecule has 2 aromatic carbocycles. The molecule has 1 aliphatic carbocycles. The van der Waals surface area contributed by atoms with Gasteiger partial charge in [-0.1, -0.05) is 49.6 Å². The number of carboxylic acids is 1. The molecule has 2 N–H and O–H groups in total. The van der Waals surface area contributed by atoms with Crippen LogP contribution in [-0.4, -0.2) is 78.3 Å². The highest BCUT2D eigenvalue weighted by Gasteiger charge is 2.47. The largest absolute Gasteiger partial charge is 0.494 e. The summed E-state index contributed by atoms with van der Waals surface area (Å²) in [5.41, 5.74) is 0.722. The Morgan fingerprint density at radius 3 is 2.46 bits per heavy atom. The minimum Gasteiger partial charge on any atom is -0.494 e. The zero-order valence-electron chi connectivity index (χ0n) is 23.0. The van der Waals surface area contributed by atoms with Gasteiger partial charge in [-0.3, -0.25) is 9.59 Å². The molecule has 2 aliphatic heterocycles. The van der Waals surface area contributed by atoms with Gasteiger partial charge in [-0.05, 0) is 61.4 Å². The normalized spacial score (nSPS) is 25.4. The zero-order chi connectivity index (χ0) is 29.0. The second kappa shape index (κ2) is 12.6. The number of hydrogen-bond donors (Lipinski definition) is 2. The van der Waals surface area contributed by atoms with Crippen molar-refractivity contribution in [3.63, 3.8) is 0 Å². The summed E-state index contributed by atoms with van der Waals surface area (Å²) in [6, 6.07) is 12.4. The summed E-state index contributed by atoms with van der Waals surface area (Å²) in [6.45, 7) is 0.248. The number of nitrogens with one attached hydrogen (secondary N) is 1. The van der Waals surface area contributed by atoms with E-state index in [1.807, 2.05) is 6.07 Å². The van der Waals surface area contributed by atoms with Gasteiger partial charge in [0, 0.05) is 19.1 Å². The van der Waals surface area contributed by atoms with Crippen LogP contribution in [0.2, 0.25) is 0 Å². The summed E-state index contributed by atoms with van der Waals surface area (Å²) < 4.78 is 34.9. The fraction of sp³-hybridized carbons (Fsp3) is 0.500. The number of nitrogens with zero attached hydrogens (tertiary/aromatic N) is 2. The average Bonchev–Trinajstić information content (AvgIpc) is 3.41. The van der Waals surface area contributed by atoms with E-state index in [1.165, 1.54) is 21.3 Å². The van der Waals surface area contributed by atoms with Crippen LogP contribution in [0.15, 0.2) is 59.5 Å². The minimum atomic E-state index is -4.00. The molecule has 2 heterocycles. The number of carboxylic acid groups (broad SMARTS) is 1. The zero-order valence-corrected chi connectivity index (χ0v) is 23.8. The van der Waals surface area contributed by atoms with Crippen molar-refractivity contribution >= 4 is 27.8 Å². The Morgan fingerprint density at radius 2 is 1.73 bits per heavy atom. The van der Waals surface area contributed by atoms with Crippen LogP contribution in [0.3, 0.4) is 0 Å². The molecule has 1 saturated carbocycles. The Labute approximate surface area is 240 Å². The molecular formula is C30H37N3O7S. The molecule has 2 aromatic rings. The first-order chi connectivity index (χ1) is 19.7. The van der Waals surface area contributed by atoms with E-state index in [0.717, 1.165) is 37.7 Å². The molecule has 1 saturated heterocycles. The molecule has 5 rings (SSSR count). The van der Waals surface area contributed by atoms with E-state index in [-0.39, 0.29) is 49.3 Å². The molecule has 0 unspecified atom stereocenters. The highest BCUT2D eigenvalue weighted by molar-refractivity contribution is 7.89. The van der Waals surface area contributed by atoms with E-state index in [2.05, 4.69) is 5.32 Å². The number of benzene rings is 2. The van der Waals surface area contributed by atoms with Gasteiger partial charge in [0.05, 0.1) is 17.9 Å². The number of sulfonamides is 1. The van der Waals surface area contributed by atoms with Gasteiger partial charge >= 0.3 is 5.97 Å². The predicted octanol–water partition coefficient (Wildman–Crippen LogP) is 2.82. The van der Waals surface area contributed by atoms with E-state index in [1.54, 1.807) is 36.4 Å². The Balaban J connectivity index is 1.53. The molecule has 0 spiro atoms. The lowest BCUT2D eigenvalue weighted by atomic mass is 9.83. The summed E-state index contributed by atoms with van der Waals surface area (Å²) >= 11 is 0. The van der Waals surface area contributed by atoms with Gasteiger partial charge in [-0.15, -0.1) is 0 Å². The molecule has 0 radical (unpaired) electrons. The van der Waals surface area contributed by atoms with Crippen molar-refractivity contribution in [1.29, 1.82) is 0 Å². The first-order valence-corrected chi connectivity index (χ1v) is 15.8. The van der Waals surface area contributed by atoms with E-state index in [0.29, 0.717) is 12.2 Å². The molecular weight excluding hydrogens is 546 g/mol. The first-order valence-electron chi connectivity index (χ1n) is 14.4. The highest BCUT2D eigenvalue weighted by atomic mass is 32.2. The third kappa shape index (κ3) is 6.56. The van der Waals surface area contributed by atoms with Crippen LogP contribution in [0.25, 0.3) is 0 Å². The van der Waals surface area contributed by atoms with E-state index >= 15 is 0 Å². The Morgan fingerprint density at radius 1 is 0.976 bits per heavy atom. The third-order valence-electron chi connectivity index (χ3n) is 8.36. The molecule has 2 fully saturated rings. The summed E-state index contributed by atoms with van der Waals surface area (Å²) in [4.78, 5) is 41.1. The van der Waals surface area contributed by atoms with E-state index < -0.39 is 40.0 Å². The van der Waals surface area contributed by atoms with Crippen LogP contribution in [-0.2, 0) is 30.8 Å². The van der Waals surface area contributed by atoms with Gasteiger partial charge in [0.1, 0.15) is 17.8 Å². The molecule has 220 valence electrons. The lowest BCUT2D eigenvalue weighted by Gasteiger charge is -2.34. The van der Waals surface area contributed by atoms with Crippen molar-refractivity contribution in [1.82, 2.24) is 14.5 Å². The summed E-state index contributed by atoms with van der Waals surface area (Å²) in [6.07, 6.45) is 4.78. The molecule has 4 bridgehead atoms. The van der Waals surface area contributed by atoms with E-state index in [9.17, 15) is 27.9 Å². The number of carbonyl (C=O) groups excluding carboxylic acids is 2. The molecule has 0 aromatic heterocycles. The van der Waals surface area contributed by atoms with Crippen molar-refractivity contribution in [3.05, 3.63) is 60.2 Å². The van der Waals surface area contributed by atoms with Crippen LogP contribution >= 0.6 is 0 Å². The van der Waals surface area contributed by atoms with Crippen LogP contribution in [0.1, 0.15) is 50.5 Å². The quantitative estimate of drug-likeness (QED) is 0.566. The molecule has 2 amide bonds. The minimum absolute atomic E-state index is 0.0416. The summed E-state index contributed by atoms with van der Waals surface area (Å²) in [5.74, 6) is -1.52. The van der Waals surface area contributed by atoms with Crippen molar-refractivity contribution in [2.45, 2.75) is 74.4 Å². The van der Waals surface area contributed by atoms with Gasteiger partial charge in [-0.25, -0.2) is 13.2 Å². The van der Waals surface area contributed by atoms with E-state index in [4.69, 9.17) is 4.74 Å². The molecule has 3 aliphatic rings. The Kier molecular flexibility index (Phi) is 8.94. The number of hydrogen-bond acceptors (Lipinski definition) is 6. The van der Waals surface area contributed by atoms with Crippen molar-refractivity contribution in [2.75, 3.05) is 19.7 Å². The Hall–Kier alpha value is -3.44. The predicted molar refractivity (Wildman–Crippen MR) is 151 cm³/mol. The maximum Gasteiger partial charge on any atom is 0.326 e. The lowest BCUT2D eigenvalue weighted by Crippen LogP contribution is -2.55. The van der Waals surface area contributed by atoms with Gasteiger partial charge in [-0.2, -0.15) is 4.31 Å². The Bertz CT molecular complexity index is 1360. The molecule has 10 nitrogen and oxygen atoms in total. The maximum atomic E-state index is 14.1. The van der Waals surface area contributed by atoms with Crippen LogP contribution in [0, 0.1) is 5.92 Å². The second-order valence-electron chi connectivity index (χ2n) is 11.1. The van der Waals surface area contributed by atoms with Gasteiger partial charge in [0.25, 0.3) is 0 Å². The average molecular weight is 584 g/mol. The lowest BCUT2D eigenvalue weighted by molar-refractivity contribution is -0.150. The first kappa shape index (κ1) is 29.1. The van der Waals surface area contributed by atoms with Crippen molar-refractivity contribution < 1.29 is 32.6 Å². The number of amides is 2. The van der Waals surface area contributed by atoms with Gasteiger partial charge in [0.2, 0.25) is 21.8 Å². The maximum absolute atomic E-state index is 14.1. The van der Waals surface area contributed by atoms with Crippen LogP contribution < -0.4 is 10.1 Å². The van der Waals surface area contributed by atoms with Gasteiger partial charge < -0.3 is 20.1 Å². The highest BCUT2D eigenvalue weighted by Crippen LogP contribution is 2.32. The number of aliphatic carboxylic acids is 1. The fourth-order valence-electron chi connectivity index (χ4n) is 6.32. The monoisotopic (exact) mass is 583 g/mol. The molecule has 3 atom stereocenters. The van der Waals surface area contributed by atoms with Crippen LogP contribution in [0.5, 0.6) is 5.75 Å².